The molecular weight excluding hydrogens is 424 g/mol. The fraction of sp³-hybridized carbons (Fsp3) is 0.160. The van der Waals surface area contributed by atoms with Crippen molar-refractivity contribution in [3.05, 3.63) is 94.5 Å². The topological polar surface area (TPSA) is 54.5 Å². The van der Waals surface area contributed by atoms with Crippen molar-refractivity contribution >= 4 is 23.4 Å². The number of thioether (sulfide) groups is 1. The molecule has 1 aromatic heterocycles. The molecule has 0 aliphatic rings. The van der Waals surface area contributed by atoms with Gasteiger partial charge in [-0.1, -0.05) is 67.5 Å². The van der Waals surface area contributed by atoms with Gasteiger partial charge in [0.2, 0.25) is 0 Å². The van der Waals surface area contributed by atoms with Crippen LogP contribution in [-0.4, -0.2) is 14.8 Å². The third kappa shape index (κ3) is 4.66. The molecule has 0 bridgehead atoms. The minimum atomic E-state index is 0.355. The molecule has 0 atom stereocenters. The number of hydrogen-bond donors (Lipinski definition) is 0. The van der Waals surface area contributed by atoms with Gasteiger partial charge >= 0.3 is 0 Å². The molecule has 154 valence electrons. The highest BCUT2D eigenvalue weighted by Crippen LogP contribution is 2.33. The van der Waals surface area contributed by atoms with Crippen LogP contribution in [0.4, 0.5) is 0 Å². The number of hydrogen-bond acceptors (Lipinski definition) is 4. The highest BCUT2D eigenvalue weighted by atomic mass is 35.5. The van der Waals surface area contributed by atoms with Gasteiger partial charge in [-0.25, -0.2) is 0 Å². The van der Waals surface area contributed by atoms with Gasteiger partial charge in [-0.15, -0.1) is 10.2 Å². The minimum Gasteiger partial charge on any atom is -0.270 e. The Hall–Kier alpha value is -3.07. The summed E-state index contributed by atoms with van der Waals surface area (Å²) in [5.41, 5.74) is 5.06. The van der Waals surface area contributed by atoms with Crippen molar-refractivity contribution in [1.29, 1.82) is 5.26 Å². The smallest absolute Gasteiger partial charge is 0.196 e. The highest BCUT2D eigenvalue weighted by molar-refractivity contribution is 7.98. The van der Waals surface area contributed by atoms with E-state index in [4.69, 9.17) is 16.9 Å². The molecule has 0 saturated carbocycles. The van der Waals surface area contributed by atoms with Crippen molar-refractivity contribution in [1.82, 2.24) is 14.8 Å². The zero-order valence-corrected chi connectivity index (χ0v) is 18.9. The lowest BCUT2D eigenvalue weighted by Gasteiger charge is -2.17. The van der Waals surface area contributed by atoms with Gasteiger partial charge in [-0.2, -0.15) is 5.26 Å². The van der Waals surface area contributed by atoms with Crippen molar-refractivity contribution in [2.24, 2.45) is 0 Å². The van der Waals surface area contributed by atoms with E-state index in [9.17, 15) is 0 Å². The van der Waals surface area contributed by atoms with Crippen molar-refractivity contribution < 1.29 is 0 Å². The summed E-state index contributed by atoms with van der Waals surface area (Å²) in [6.45, 7) is 4.38. The number of nitriles is 1. The van der Waals surface area contributed by atoms with E-state index in [1.54, 1.807) is 11.8 Å². The zero-order chi connectivity index (χ0) is 21.8. The molecule has 4 aromatic rings. The lowest BCUT2D eigenvalue weighted by molar-refractivity contribution is 0.818. The van der Waals surface area contributed by atoms with Gasteiger partial charge in [0.25, 0.3) is 0 Å². The van der Waals surface area contributed by atoms with E-state index in [1.807, 2.05) is 54.6 Å². The van der Waals surface area contributed by atoms with E-state index in [1.165, 1.54) is 5.56 Å². The van der Waals surface area contributed by atoms with Crippen LogP contribution in [0.25, 0.3) is 17.1 Å². The first kappa shape index (κ1) is 21.2. The maximum atomic E-state index is 9.01. The molecule has 0 aliphatic heterocycles. The summed E-state index contributed by atoms with van der Waals surface area (Å²) in [6, 6.07) is 25.9. The van der Waals surface area contributed by atoms with E-state index < -0.39 is 0 Å². The van der Waals surface area contributed by atoms with E-state index >= 15 is 0 Å². The quantitative estimate of drug-likeness (QED) is 0.304. The Bertz CT molecular complexity index is 1220. The second-order valence-corrected chi connectivity index (χ2v) is 8.84. The molecule has 0 aliphatic carbocycles. The van der Waals surface area contributed by atoms with Gasteiger partial charge in [0.15, 0.2) is 11.0 Å². The van der Waals surface area contributed by atoms with Crippen LogP contribution in [0, 0.1) is 11.3 Å². The highest BCUT2D eigenvalue weighted by Gasteiger charge is 2.19. The van der Waals surface area contributed by atoms with E-state index in [0.717, 1.165) is 33.5 Å². The molecule has 0 fully saturated rings. The van der Waals surface area contributed by atoms with Crippen LogP contribution in [0.15, 0.2) is 78.0 Å². The Labute approximate surface area is 191 Å². The molecule has 0 unspecified atom stereocenters. The van der Waals surface area contributed by atoms with Crippen LogP contribution in [0.3, 0.4) is 0 Å². The fourth-order valence-corrected chi connectivity index (χ4v) is 4.40. The van der Waals surface area contributed by atoms with E-state index in [2.05, 4.69) is 52.9 Å². The summed E-state index contributed by atoms with van der Waals surface area (Å²) >= 11 is 7.73. The molecule has 4 nitrogen and oxygen atoms in total. The van der Waals surface area contributed by atoms with Crippen molar-refractivity contribution in [2.75, 3.05) is 0 Å². The van der Waals surface area contributed by atoms with Gasteiger partial charge < -0.3 is 0 Å². The number of benzene rings is 3. The van der Waals surface area contributed by atoms with E-state index in [0.29, 0.717) is 16.5 Å². The predicted octanol–water partition coefficient (Wildman–Crippen LogP) is 6.88. The van der Waals surface area contributed by atoms with Gasteiger partial charge in [-0.05, 0) is 59.5 Å². The third-order valence-electron chi connectivity index (χ3n) is 4.99. The largest absolute Gasteiger partial charge is 0.270 e. The molecular formula is C25H21ClN4S. The predicted molar refractivity (Wildman–Crippen MR) is 127 cm³/mol. The van der Waals surface area contributed by atoms with Crippen LogP contribution in [0.5, 0.6) is 0 Å². The summed E-state index contributed by atoms with van der Waals surface area (Å²) < 4.78 is 2.13. The van der Waals surface area contributed by atoms with Crippen LogP contribution < -0.4 is 0 Å². The first-order valence-electron chi connectivity index (χ1n) is 9.99. The Morgan fingerprint density at radius 1 is 0.968 bits per heavy atom. The monoisotopic (exact) mass is 444 g/mol. The Morgan fingerprint density at radius 3 is 2.35 bits per heavy atom. The van der Waals surface area contributed by atoms with Gasteiger partial charge in [0.05, 0.1) is 17.3 Å². The van der Waals surface area contributed by atoms with Crippen LogP contribution in [0.2, 0.25) is 5.02 Å². The molecule has 1 heterocycles. The molecule has 6 heteroatoms. The average molecular weight is 445 g/mol. The number of nitrogens with zero attached hydrogens (tertiary/aromatic N) is 4. The number of para-hydroxylation sites is 1. The third-order valence-corrected chi connectivity index (χ3v) is 6.24. The SMILES string of the molecule is CC(C)c1ccccc1-n1c(SCc2ccc(C#N)cc2)nnc1-c1ccc(Cl)cc1. The summed E-state index contributed by atoms with van der Waals surface area (Å²) in [6.07, 6.45) is 0. The fourth-order valence-electron chi connectivity index (χ4n) is 3.37. The maximum Gasteiger partial charge on any atom is 0.196 e. The lowest BCUT2D eigenvalue weighted by atomic mass is 10.0. The van der Waals surface area contributed by atoms with Crippen molar-refractivity contribution in [3.63, 3.8) is 0 Å². The van der Waals surface area contributed by atoms with Crippen molar-refractivity contribution in [3.8, 4) is 23.1 Å². The molecule has 0 amide bonds. The summed E-state index contributed by atoms with van der Waals surface area (Å²) in [4.78, 5) is 0. The standard InChI is InChI=1S/C25H21ClN4S/c1-17(2)22-5-3-4-6-23(22)30-24(20-11-13-21(26)14-12-20)28-29-25(30)31-16-19-9-7-18(15-27)8-10-19/h3-14,17H,16H2,1-2H3. The molecule has 0 saturated heterocycles. The molecule has 4 rings (SSSR count). The summed E-state index contributed by atoms with van der Waals surface area (Å²) in [5, 5.41) is 19.6. The second kappa shape index (κ2) is 9.38. The number of aromatic nitrogens is 3. The van der Waals surface area contributed by atoms with Crippen LogP contribution >= 0.6 is 23.4 Å². The van der Waals surface area contributed by atoms with Gasteiger partial charge in [-0.3, -0.25) is 4.57 Å². The Balaban J connectivity index is 1.77. The first-order chi connectivity index (χ1) is 15.1. The lowest BCUT2D eigenvalue weighted by Crippen LogP contribution is -2.04. The van der Waals surface area contributed by atoms with Crippen molar-refractivity contribution in [2.45, 2.75) is 30.7 Å². The van der Waals surface area contributed by atoms with Gasteiger partial charge in [0, 0.05) is 16.3 Å². The first-order valence-corrected chi connectivity index (χ1v) is 11.4. The molecule has 0 radical (unpaired) electrons. The number of rotatable bonds is 6. The average Bonchev–Trinajstić information content (AvgIpc) is 3.22. The normalized spacial score (nSPS) is 10.9. The maximum absolute atomic E-state index is 9.01. The van der Waals surface area contributed by atoms with Gasteiger partial charge in [0.1, 0.15) is 0 Å². The summed E-state index contributed by atoms with van der Waals surface area (Å²) in [7, 11) is 0. The second-order valence-electron chi connectivity index (χ2n) is 7.46. The zero-order valence-electron chi connectivity index (χ0n) is 17.3. The molecule has 3 aromatic carbocycles. The van der Waals surface area contributed by atoms with E-state index in [-0.39, 0.29) is 0 Å². The van der Waals surface area contributed by atoms with Crippen LogP contribution in [-0.2, 0) is 5.75 Å². The molecule has 0 spiro atoms. The number of halogens is 1. The van der Waals surface area contributed by atoms with Crippen LogP contribution in [0.1, 0.15) is 36.5 Å². The Morgan fingerprint density at radius 2 is 1.68 bits per heavy atom. The Kier molecular flexibility index (Phi) is 6.41. The minimum absolute atomic E-state index is 0.355. The summed E-state index contributed by atoms with van der Waals surface area (Å²) in [5.74, 6) is 1.87. The molecule has 0 N–H and O–H groups in total. The molecule has 31 heavy (non-hydrogen) atoms.